The minimum absolute atomic E-state index is 0.00795. The van der Waals surface area contributed by atoms with Crippen molar-refractivity contribution in [3.05, 3.63) is 88.7 Å². The fraction of sp³-hybridized carbons (Fsp3) is 0.361. The molecular weight excluding hydrogens is 508 g/mol. The van der Waals surface area contributed by atoms with Crippen LogP contribution in [0.5, 0.6) is 0 Å². The summed E-state index contributed by atoms with van der Waals surface area (Å²) in [4.78, 5) is 30.1. The molecule has 0 aliphatic heterocycles. The van der Waals surface area contributed by atoms with Crippen molar-refractivity contribution in [1.29, 1.82) is 0 Å². The van der Waals surface area contributed by atoms with E-state index < -0.39 is 0 Å². The molecule has 0 amide bonds. The third kappa shape index (κ3) is 7.21. The predicted octanol–water partition coefficient (Wildman–Crippen LogP) is 7.34. The Morgan fingerprint density at radius 3 is 2.54 bits per heavy atom. The molecule has 2 aromatic heterocycles. The quantitative estimate of drug-likeness (QED) is 0.270. The minimum atomic E-state index is -0.318. The van der Waals surface area contributed by atoms with E-state index in [4.69, 9.17) is 0 Å². The van der Waals surface area contributed by atoms with Crippen LogP contribution in [0.4, 0.5) is 0 Å². The lowest BCUT2D eigenvalue weighted by Gasteiger charge is -2.29. The lowest BCUT2D eigenvalue weighted by molar-refractivity contribution is -0.138. The molecule has 2 aromatic carbocycles. The van der Waals surface area contributed by atoms with Crippen molar-refractivity contribution < 1.29 is 14.3 Å². The van der Waals surface area contributed by atoms with Crippen molar-refractivity contribution >= 4 is 35.3 Å². The van der Waals surface area contributed by atoms with Gasteiger partial charge in [0.2, 0.25) is 0 Å². The predicted molar refractivity (Wildman–Crippen MR) is 168 cm³/mol. The highest BCUT2D eigenvalue weighted by molar-refractivity contribution is 6.10. The van der Waals surface area contributed by atoms with E-state index in [-0.39, 0.29) is 16.9 Å². The van der Waals surface area contributed by atoms with Crippen molar-refractivity contribution in [1.82, 2.24) is 9.97 Å². The number of rotatable bonds is 4. The SMILES string of the molecule is CC(C)(C)OC=O.CCCCC1C(=O)c2c(ccc3c2=CC(C)(C)CC=3)-c2ccccc21.c1cc2cc[nH]c2cn1. The Labute approximate surface area is 243 Å². The molecule has 41 heavy (non-hydrogen) atoms. The zero-order chi connectivity index (χ0) is 29.6. The van der Waals surface area contributed by atoms with Crippen LogP contribution in [-0.2, 0) is 9.53 Å². The Hall–Kier alpha value is -3.99. The second-order valence-electron chi connectivity index (χ2n) is 12.4. The van der Waals surface area contributed by atoms with Gasteiger partial charge in [-0.05, 0) is 78.3 Å². The van der Waals surface area contributed by atoms with Crippen molar-refractivity contribution in [2.24, 2.45) is 5.41 Å². The smallest absolute Gasteiger partial charge is 0.293 e. The summed E-state index contributed by atoms with van der Waals surface area (Å²) in [6.45, 7) is 12.6. The molecule has 0 saturated heterocycles. The maximum absolute atomic E-state index is 13.5. The number of carbonyl (C=O) groups excluding carboxylic acids is 2. The monoisotopic (exact) mass is 550 g/mol. The summed E-state index contributed by atoms with van der Waals surface area (Å²) >= 11 is 0. The molecule has 1 N–H and O–H groups in total. The minimum Gasteiger partial charge on any atom is -0.462 e. The lowest BCUT2D eigenvalue weighted by Crippen LogP contribution is -2.39. The number of pyridine rings is 1. The van der Waals surface area contributed by atoms with Gasteiger partial charge < -0.3 is 9.72 Å². The summed E-state index contributed by atoms with van der Waals surface area (Å²) in [5.74, 6) is 0.329. The summed E-state index contributed by atoms with van der Waals surface area (Å²) < 4.78 is 4.55. The lowest BCUT2D eigenvalue weighted by atomic mass is 9.73. The van der Waals surface area contributed by atoms with Gasteiger partial charge in [0.1, 0.15) is 5.60 Å². The largest absolute Gasteiger partial charge is 0.462 e. The molecule has 0 fully saturated rings. The number of H-pyrrole nitrogens is 1. The third-order valence-electron chi connectivity index (χ3n) is 7.46. The van der Waals surface area contributed by atoms with E-state index >= 15 is 0 Å². The van der Waals surface area contributed by atoms with Crippen molar-refractivity contribution in [3.63, 3.8) is 0 Å². The highest BCUT2D eigenvalue weighted by atomic mass is 16.5. The van der Waals surface area contributed by atoms with Gasteiger partial charge in [-0.25, -0.2) is 0 Å². The first-order valence-corrected chi connectivity index (χ1v) is 14.5. The number of fused-ring (bicyclic) bond motifs is 6. The Kier molecular flexibility index (Phi) is 9.27. The summed E-state index contributed by atoms with van der Waals surface area (Å²) in [5.41, 5.74) is 5.43. The molecule has 0 radical (unpaired) electrons. The van der Waals surface area contributed by atoms with E-state index in [9.17, 15) is 9.59 Å². The van der Waals surface area contributed by atoms with Crippen LogP contribution in [0.25, 0.3) is 34.2 Å². The molecule has 2 aliphatic rings. The van der Waals surface area contributed by atoms with E-state index in [0.29, 0.717) is 12.3 Å². The fourth-order valence-corrected chi connectivity index (χ4v) is 5.37. The number of hydrogen-bond donors (Lipinski definition) is 1. The first-order valence-electron chi connectivity index (χ1n) is 14.5. The van der Waals surface area contributed by atoms with E-state index in [1.165, 1.54) is 21.7 Å². The molecule has 4 aromatic rings. The number of aromatic amines is 1. The van der Waals surface area contributed by atoms with E-state index in [1.54, 1.807) is 6.20 Å². The van der Waals surface area contributed by atoms with Crippen LogP contribution in [0.2, 0.25) is 0 Å². The molecule has 214 valence electrons. The first kappa shape index (κ1) is 30.0. The van der Waals surface area contributed by atoms with Crippen LogP contribution in [0.1, 0.15) is 89.1 Å². The first-order chi connectivity index (χ1) is 19.5. The van der Waals surface area contributed by atoms with Gasteiger partial charge in [0.25, 0.3) is 6.47 Å². The number of carbonyl (C=O) groups is 2. The second-order valence-corrected chi connectivity index (χ2v) is 12.4. The number of nitrogens with one attached hydrogen (secondary N) is 1. The Balaban J connectivity index is 0.000000197. The number of aromatic nitrogens is 2. The molecule has 0 spiro atoms. The van der Waals surface area contributed by atoms with Gasteiger partial charge in [0.15, 0.2) is 5.78 Å². The Bertz CT molecular complexity index is 1610. The summed E-state index contributed by atoms with van der Waals surface area (Å²) in [5, 5.41) is 3.60. The van der Waals surface area contributed by atoms with Gasteiger partial charge in [-0.15, -0.1) is 0 Å². The molecule has 5 nitrogen and oxygen atoms in total. The standard InChI is InChI=1S/C24H26O.C7H6N2.C5H10O2/c1-4-5-8-20-18-10-7-6-9-17(18)19-12-11-16-13-14-24(2,3)15-21(16)22(19)23(20)25;1-3-8-5-7-6(1)2-4-9-7;1-5(2,3)7-4-6/h6-7,9-13,15,20H,4-5,8,14H2,1-3H3;1-5,9H;4H,1-3H3. The normalized spacial score (nSPS) is 16.2. The zero-order valence-electron chi connectivity index (χ0n) is 25.2. The highest BCUT2D eigenvalue weighted by Crippen LogP contribution is 2.40. The van der Waals surface area contributed by atoms with Crippen LogP contribution in [-0.4, -0.2) is 27.8 Å². The van der Waals surface area contributed by atoms with Gasteiger partial charge >= 0.3 is 0 Å². The van der Waals surface area contributed by atoms with Gasteiger partial charge in [0.05, 0.1) is 11.7 Å². The molecule has 2 heterocycles. The molecular formula is C36H42N2O3. The topological polar surface area (TPSA) is 72.1 Å². The van der Waals surface area contributed by atoms with Crippen LogP contribution in [0, 0.1) is 5.41 Å². The molecule has 2 aliphatic carbocycles. The van der Waals surface area contributed by atoms with Crippen molar-refractivity contribution in [2.45, 2.75) is 78.7 Å². The number of ether oxygens (including phenoxy) is 1. The van der Waals surface area contributed by atoms with Crippen LogP contribution in [0.15, 0.2) is 67.1 Å². The number of unbranched alkanes of at least 4 members (excludes halogenated alkanes) is 1. The average Bonchev–Trinajstić information content (AvgIpc) is 3.41. The maximum atomic E-state index is 13.5. The summed E-state index contributed by atoms with van der Waals surface area (Å²) in [7, 11) is 0. The van der Waals surface area contributed by atoms with Crippen LogP contribution >= 0.6 is 0 Å². The van der Waals surface area contributed by atoms with E-state index in [2.05, 4.69) is 84.0 Å². The molecule has 1 unspecified atom stereocenters. The molecule has 1 atom stereocenters. The average molecular weight is 551 g/mol. The zero-order valence-corrected chi connectivity index (χ0v) is 25.2. The van der Waals surface area contributed by atoms with Crippen LogP contribution < -0.4 is 10.4 Å². The van der Waals surface area contributed by atoms with Crippen molar-refractivity contribution in [3.8, 4) is 11.1 Å². The number of benzene rings is 2. The van der Waals surface area contributed by atoms with Gasteiger partial charge in [-0.3, -0.25) is 14.6 Å². The number of ketones is 1. The maximum Gasteiger partial charge on any atom is 0.293 e. The van der Waals surface area contributed by atoms with Crippen LogP contribution in [0.3, 0.4) is 0 Å². The Morgan fingerprint density at radius 2 is 1.85 bits per heavy atom. The highest BCUT2D eigenvalue weighted by Gasteiger charge is 2.33. The number of hydrogen-bond acceptors (Lipinski definition) is 4. The van der Waals surface area contributed by atoms with Gasteiger partial charge in [0, 0.05) is 29.3 Å². The molecule has 0 saturated carbocycles. The van der Waals surface area contributed by atoms with Gasteiger partial charge in [-0.2, -0.15) is 0 Å². The summed E-state index contributed by atoms with van der Waals surface area (Å²) in [6, 6.07) is 16.8. The van der Waals surface area contributed by atoms with Crippen molar-refractivity contribution in [2.75, 3.05) is 0 Å². The second kappa shape index (κ2) is 12.7. The Morgan fingerprint density at radius 1 is 1.07 bits per heavy atom. The van der Waals surface area contributed by atoms with E-state index in [1.807, 2.05) is 45.3 Å². The van der Waals surface area contributed by atoms with E-state index in [0.717, 1.165) is 47.5 Å². The number of Topliss-reactive ketones (excluding diaryl/α,β-unsaturated/α-hetero) is 1. The number of nitrogens with zero attached hydrogens (tertiary/aromatic N) is 1. The molecule has 6 rings (SSSR count). The molecule has 0 bridgehead atoms. The van der Waals surface area contributed by atoms with Gasteiger partial charge in [-0.1, -0.05) is 82.2 Å². The summed E-state index contributed by atoms with van der Waals surface area (Å²) in [6.07, 6.45) is 14.3. The third-order valence-corrected chi connectivity index (χ3v) is 7.46. The molecule has 5 heteroatoms. The fourth-order valence-electron chi connectivity index (χ4n) is 5.37.